The maximum atomic E-state index is 13.5. The minimum absolute atomic E-state index is 0.0136. The third-order valence-electron chi connectivity index (χ3n) is 4.78. The van der Waals surface area contributed by atoms with E-state index in [-0.39, 0.29) is 24.8 Å². The summed E-state index contributed by atoms with van der Waals surface area (Å²) in [5, 5.41) is 1.96. The number of hydrogen-bond acceptors (Lipinski definition) is 4. The van der Waals surface area contributed by atoms with Crippen LogP contribution in [-0.2, 0) is 11.8 Å². The van der Waals surface area contributed by atoms with Crippen LogP contribution in [0.4, 0.5) is 0 Å². The fraction of sp³-hybridized carbons (Fsp3) is 0.381. The molecule has 4 nitrogen and oxygen atoms in total. The molecule has 2 aromatic carbocycles. The largest absolute Gasteiger partial charge is 0.454 e. The van der Waals surface area contributed by atoms with Gasteiger partial charge in [-0.05, 0) is 51.8 Å². The van der Waals surface area contributed by atoms with E-state index in [0.717, 1.165) is 10.6 Å². The van der Waals surface area contributed by atoms with Crippen molar-refractivity contribution in [3.05, 3.63) is 48.0 Å². The third-order valence-corrected chi connectivity index (χ3v) is 8.57. The van der Waals surface area contributed by atoms with Gasteiger partial charge in [-0.15, -0.1) is 0 Å². The molecule has 0 fully saturated rings. The van der Waals surface area contributed by atoms with E-state index in [1.165, 1.54) is 0 Å². The first-order chi connectivity index (χ1) is 12.7. The Hall–Kier alpha value is -1.84. The van der Waals surface area contributed by atoms with E-state index in [9.17, 15) is 4.79 Å². The van der Waals surface area contributed by atoms with Crippen molar-refractivity contribution < 1.29 is 14.3 Å². The summed E-state index contributed by atoms with van der Waals surface area (Å²) >= 11 is 6.12. The number of hydrogen-bond donors (Lipinski definition) is 0. The average molecular weight is 403 g/mol. The van der Waals surface area contributed by atoms with Crippen LogP contribution in [0.1, 0.15) is 38.1 Å². The molecule has 0 radical (unpaired) electrons. The van der Waals surface area contributed by atoms with Crippen molar-refractivity contribution in [2.45, 2.75) is 39.8 Å². The van der Waals surface area contributed by atoms with Gasteiger partial charge in [-0.3, -0.25) is 4.79 Å². The fourth-order valence-corrected chi connectivity index (χ4v) is 6.33. The summed E-state index contributed by atoms with van der Waals surface area (Å²) in [6.45, 7) is 10.4. The van der Waals surface area contributed by atoms with Gasteiger partial charge in [0.25, 0.3) is 5.91 Å². The van der Waals surface area contributed by atoms with Crippen molar-refractivity contribution in [2.75, 3.05) is 13.5 Å². The molecule has 0 N–H and O–H groups in total. The molecule has 2 aromatic rings. The first kappa shape index (κ1) is 19.9. The molecule has 0 bridgehead atoms. The Morgan fingerprint density at radius 3 is 2.15 bits per heavy atom. The van der Waals surface area contributed by atoms with E-state index >= 15 is 0 Å². The number of benzene rings is 2. The SMILES string of the molecule is CC(C)N(C(=O)c1cc2c(cc1P(C)(=S)c1ccccc1)OCO2)C(C)C. The summed E-state index contributed by atoms with van der Waals surface area (Å²) in [5.41, 5.74) is 0.622. The highest BCUT2D eigenvalue weighted by molar-refractivity contribution is 8.21. The van der Waals surface area contributed by atoms with Gasteiger partial charge in [-0.25, -0.2) is 0 Å². The molecule has 0 aliphatic carbocycles. The maximum absolute atomic E-state index is 13.5. The summed E-state index contributed by atoms with van der Waals surface area (Å²) in [7, 11) is 0. The lowest BCUT2D eigenvalue weighted by molar-refractivity contribution is 0.0644. The first-order valence-corrected chi connectivity index (χ1v) is 12.4. The smallest absolute Gasteiger partial charge is 0.255 e. The van der Waals surface area contributed by atoms with Crippen LogP contribution in [0.2, 0.25) is 0 Å². The highest BCUT2D eigenvalue weighted by Crippen LogP contribution is 2.44. The molecule has 1 aliphatic rings. The van der Waals surface area contributed by atoms with E-state index in [0.29, 0.717) is 17.1 Å². The summed E-state index contributed by atoms with van der Waals surface area (Å²) in [4.78, 5) is 15.4. The van der Waals surface area contributed by atoms with Gasteiger partial charge in [0.15, 0.2) is 11.5 Å². The Morgan fingerprint density at radius 1 is 1.04 bits per heavy atom. The molecule has 6 heteroatoms. The molecule has 27 heavy (non-hydrogen) atoms. The van der Waals surface area contributed by atoms with Crippen LogP contribution in [0.15, 0.2) is 42.5 Å². The van der Waals surface area contributed by atoms with Crippen molar-refractivity contribution in [3.63, 3.8) is 0 Å². The van der Waals surface area contributed by atoms with E-state index in [1.54, 1.807) is 0 Å². The van der Waals surface area contributed by atoms with Crippen molar-refractivity contribution in [2.24, 2.45) is 0 Å². The van der Waals surface area contributed by atoms with Crippen LogP contribution in [-0.4, -0.2) is 36.3 Å². The van der Waals surface area contributed by atoms with Crippen LogP contribution >= 0.6 is 6.04 Å². The van der Waals surface area contributed by atoms with Crippen molar-refractivity contribution in [1.29, 1.82) is 0 Å². The highest BCUT2D eigenvalue weighted by Gasteiger charge is 2.31. The molecule has 0 aromatic heterocycles. The third kappa shape index (κ3) is 3.76. The van der Waals surface area contributed by atoms with Crippen LogP contribution < -0.4 is 20.1 Å². The maximum Gasteiger partial charge on any atom is 0.255 e. The van der Waals surface area contributed by atoms with Crippen molar-refractivity contribution >= 4 is 34.4 Å². The van der Waals surface area contributed by atoms with Crippen LogP contribution in [0.25, 0.3) is 0 Å². The van der Waals surface area contributed by atoms with Crippen LogP contribution in [0.5, 0.6) is 11.5 Å². The van der Waals surface area contributed by atoms with Gasteiger partial charge in [-0.1, -0.05) is 42.1 Å². The summed E-state index contributed by atoms with van der Waals surface area (Å²) < 4.78 is 11.1. The van der Waals surface area contributed by atoms with Gasteiger partial charge < -0.3 is 14.4 Å². The normalized spacial score (nSPS) is 15.1. The molecular formula is C21H26NO3PS. The second kappa shape index (κ2) is 7.65. The van der Waals surface area contributed by atoms with Gasteiger partial charge in [-0.2, -0.15) is 0 Å². The van der Waals surface area contributed by atoms with Crippen molar-refractivity contribution in [1.82, 2.24) is 4.90 Å². The standard InChI is InChI=1S/C21H26NO3PS/c1-14(2)22(15(3)4)21(23)17-11-18-19(25-13-24-18)12-20(17)26(5,27)16-9-7-6-8-10-16/h6-12,14-15H,13H2,1-5H3. The quantitative estimate of drug-likeness (QED) is 0.713. The first-order valence-electron chi connectivity index (χ1n) is 9.13. The molecule has 1 aliphatic heterocycles. The molecule has 1 atom stereocenters. The Labute approximate surface area is 166 Å². The number of rotatable bonds is 5. The van der Waals surface area contributed by atoms with E-state index in [4.69, 9.17) is 21.3 Å². The van der Waals surface area contributed by atoms with Gasteiger partial charge in [0.05, 0.1) is 5.56 Å². The molecule has 144 valence electrons. The van der Waals surface area contributed by atoms with E-state index in [2.05, 4.69) is 6.66 Å². The summed E-state index contributed by atoms with van der Waals surface area (Å²) in [5.74, 6) is 1.26. The van der Waals surface area contributed by atoms with Gasteiger partial charge in [0, 0.05) is 23.4 Å². The fourth-order valence-electron chi connectivity index (χ4n) is 3.51. The molecule has 3 rings (SSSR count). The second-order valence-corrected chi connectivity index (χ2v) is 12.4. The average Bonchev–Trinajstić information content (AvgIpc) is 3.08. The number of carbonyl (C=O) groups excluding carboxylic acids is 1. The topological polar surface area (TPSA) is 38.8 Å². The van der Waals surface area contributed by atoms with Gasteiger partial charge in [0.1, 0.15) is 0 Å². The number of amides is 1. The van der Waals surface area contributed by atoms with Gasteiger partial charge >= 0.3 is 0 Å². The molecule has 0 saturated heterocycles. The number of carbonyl (C=O) groups is 1. The Kier molecular flexibility index (Phi) is 5.64. The Balaban J connectivity index is 2.19. The zero-order chi connectivity index (χ0) is 19.8. The molecule has 0 saturated carbocycles. The highest BCUT2D eigenvalue weighted by atomic mass is 32.4. The zero-order valence-corrected chi connectivity index (χ0v) is 18.1. The minimum atomic E-state index is -2.17. The van der Waals surface area contributed by atoms with Crippen LogP contribution in [0, 0.1) is 0 Å². The Bertz CT molecular complexity index is 888. The lowest BCUT2D eigenvalue weighted by atomic mass is 10.1. The lowest BCUT2D eigenvalue weighted by Gasteiger charge is -2.32. The Morgan fingerprint density at radius 2 is 1.59 bits per heavy atom. The van der Waals surface area contributed by atoms with Gasteiger partial charge in [0.2, 0.25) is 6.79 Å². The van der Waals surface area contributed by atoms with E-state index in [1.807, 2.05) is 75.1 Å². The summed E-state index contributed by atoms with van der Waals surface area (Å²) in [6.07, 6.45) is 0. The predicted octanol–water partition coefficient (Wildman–Crippen LogP) is 3.73. The van der Waals surface area contributed by atoms with Crippen molar-refractivity contribution in [3.8, 4) is 11.5 Å². The lowest BCUT2D eigenvalue weighted by Crippen LogP contribution is -2.43. The van der Waals surface area contributed by atoms with Crippen LogP contribution in [0.3, 0.4) is 0 Å². The monoisotopic (exact) mass is 403 g/mol. The number of nitrogens with zero attached hydrogens (tertiary/aromatic N) is 1. The second-order valence-electron chi connectivity index (χ2n) is 7.38. The zero-order valence-electron chi connectivity index (χ0n) is 16.4. The molecule has 1 unspecified atom stereocenters. The molecule has 1 amide bonds. The number of fused-ring (bicyclic) bond motifs is 1. The van der Waals surface area contributed by atoms with E-state index < -0.39 is 6.04 Å². The predicted molar refractivity (Wildman–Crippen MR) is 115 cm³/mol. The number of ether oxygens (including phenoxy) is 2. The summed E-state index contributed by atoms with van der Waals surface area (Å²) in [6, 6.07) is 11.8. The minimum Gasteiger partial charge on any atom is -0.454 e. The molecule has 1 heterocycles. The molecular weight excluding hydrogens is 377 g/mol. The molecule has 0 spiro atoms.